The number of nitrogens with one attached hydrogen (secondary N) is 1. The lowest BCUT2D eigenvalue weighted by Gasteiger charge is -2.36. The maximum atomic E-state index is 6.04. The Labute approximate surface area is 96.2 Å². The first-order chi connectivity index (χ1) is 7.18. The quantitative estimate of drug-likeness (QED) is 0.789. The molecule has 0 amide bonds. The lowest BCUT2D eigenvalue weighted by atomic mass is 10.1. The maximum Gasteiger partial charge on any atom is 0.0426 e. The summed E-state index contributed by atoms with van der Waals surface area (Å²) in [6.45, 7) is 7.54. The Hall–Kier alpha value is -0.730. The molecule has 1 atom stereocenters. The number of aryl methyl sites for hydroxylation is 1. The molecule has 2 rings (SSSR count). The third kappa shape index (κ3) is 2.27. The average Bonchev–Trinajstić information content (AvgIpc) is 2.23. The lowest BCUT2D eigenvalue weighted by Crippen LogP contribution is -2.50. The van der Waals surface area contributed by atoms with Crippen LogP contribution in [0, 0.1) is 6.92 Å². The van der Waals surface area contributed by atoms with Crippen LogP contribution in [0.4, 0.5) is 5.69 Å². The topological polar surface area (TPSA) is 15.3 Å². The molecular weight excluding hydrogens is 208 g/mol. The molecule has 3 heteroatoms. The van der Waals surface area contributed by atoms with Crippen molar-refractivity contribution in [2.45, 2.75) is 19.9 Å². The van der Waals surface area contributed by atoms with Crippen molar-refractivity contribution < 1.29 is 0 Å². The van der Waals surface area contributed by atoms with Crippen LogP contribution in [0.1, 0.15) is 12.5 Å². The molecule has 15 heavy (non-hydrogen) atoms. The van der Waals surface area contributed by atoms with Crippen molar-refractivity contribution >= 4 is 17.3 Å². The van der Waals surface area contributed by atoms with Crippen molar-refractivity contribution in [3.63, 3.8) is 0 Å². The summed E-state index contributed by atoms with van der Waals surface area (Å²) >= 11 is 6.04. The maximum absolute atomic E-state index is 6.04. The smallest absolute Gasteiger partial charge is 0.0426 e. The fourth-order valence-electron chi connectivity index (χ4n) is 2.09. The molecule has 1 aliphatic heterocycles. The van der Waals surface area contributed by atoms with Gasteiger partial charge in [0.15, 0.2) is 0 Å². The molecule has 1 fully saturated rings. The van der Waals surface area contributed by atoms with Gasteiger partial charge in [-0.05, 0) is 31.5 Å². The normalized spacial score (nSPS) is 21.8. The molecule has 0 saturated carbocycles. The first kappa shape index (κ1) is 10.8. The Morgan fingerprint density at radius 2 is 2.27 bits per heavy atom. The molecule has 0 aromatic heterocycles. The molecule has 2 nitrogen and oxygen atoms in total. The van der Waals surface area contributed by atoms with E-state index < -0.39 is 0 Å². The highest BCUT2D eigenvalue weighted by Gasteiger charge is 2.19. The van der Waals surface area contributed by atoms with Gasteiger partial charge in [0.05, 0.1) is 0 Å². The second kappa shape index (κ2) is 4.42. The minimum absolute atomic E-state index is 0.538. The van der Waals surface area contributed by atoms with Crippen LogP contribution in [-0.2, 0) is 0 Å². The Bertz CT molecular complexity index is 351. The van der Waals surface area contributed by atoms with Crippen molar-refractivity contribution in [3.05, 3.63) is 28.8 Å². The van der Waals surface area contributed by atoms with Crippen molar-refractivity contribution in [3.8, 4) is 0 Å². The highest BCUT2D eigenvalue weighted by Crippen LogP contribution is 2.26. The number of nitrogens with zero attached hydrogens (tertiary/aromatic N) is 1. The number of halogens is 1. The highest BCUT2D eigenvalue weighted by molar-refractivity contribution is 6.30. The summed E-state index contributed by atoms with van der Waals surface area (Å²) in [4.78, 5) is 2.43. The van der Waals surface area contributed by atoms with Gasteiger partial charge in [0.1, 0.15) is 0 Å². The molecule has 1 saturated heterocycles. The molecule has 0 aliphatic carbocycles. The standard InChI is InChI=1S/C12H17ClN2/c1-9-3-4-11(13)7-12(9)15-6-5-14-8-10(15)2/h3-4,7,10,14H,5-6,8H2,1-2H3/t10-/m1/s1. The summed E-state index contributed by atoms with van der Waals surface area (Å²) in [5, 5.41) is 4.21. The fourth-order valence-corrected chi connectivity index (χ4v) is 2.26. The summed E-state index contributed by atoms with van der Waals surface area (Å²) in [6, 6.07) is 6.65. The summed E-state index contributed by atoms with van der Waals surface area (Å²) in [5.41, 5.74) is 2.57. The second-order valence-corrected chi connectivity index (χ2v) is 4.61. The van der Waals surface area contributed by atoms with Gasteiger partial charge in [-0.15, -0.1) is 0 Å². The minimum atomic E-state index is 0.538. The molecule has 0 radical (unpaired) electrons. The zero-order valence-corrected chi connectivity index (χ0v) is 10.0. The van der Waals surface area contributed by atoms with Gasteiger partial charge in [-0.25, -0.2) is 0 Å². The van der Waals surface area contributed by atoms with E-state index in [4.69, 9.17) is 11.6 Å². The molecule has 1 aliphatic rings. The van der Waals surface area contributed by atoms with E-state index in [1.165, 1.54) is 11.3 Å². The van der Waals surface area contributed by atoms with E-state index in [1.807, 2.05) is 6.07 Å². The molecule has 1 aromatic carbocycles. The van der Waals surface area contributed by atoms with Crippen LogP contribution in [0.15, 0.2) is 18.2 Å². The van der Waals surface area contributed by atoms with E-state index in [0.29, 0.717) is 6.04 Å². The fraction of sp³-hybridized carbons (Fsp3) is 0.500. The summed E-state index contributed by atoms with van der Waals surface area (Å²) in [6.07, 6.45) is 0. The van der Waals surface area contributed by atoms with E-state index >= 15 is 0 Å². The third-order valence-electron chi connectivity index (χ3n) is 2.98. The SMILES string of the molecule is Cc1ccc(Cl)cc1N1CCNC[C@H]1C. The van der Waals surface area contributed by atoms with Gasteiger partial charge in [-0.1, -0.05) is 17.7 Å². The number of hydrogen-bond acceptors (Lipinski definition) is 2. The molecule has 0 spiro atoms. The first-order valence-electron chi connectivity index (χ1n) is 5.42. The molecule has 1 heterocycles. The number of anilines is 1. The Morgan fingerprint density at radius 1 is 1.47 bits per heavy atom. The Balaban J connectivity index is 2.30. The van der Waals surface area contributed by atoms with E-state index in [2.05, 4.69) is 36.2 Å². The number of rotatable bonds is 1. The van der Waals surface area contributed by atoms with E-state index in [-0.39, 0.29) is 0 Å². The average molecular weight is 225 g/mol. The molecule has 1 aromatic rings. The molecule has 0 bridgehead atoms. The van der Waals surface area contributed by atoms with Crippen LogP contribution in [0.5, 0.6) is 0 Å². The van der Waals surface area contributed by atoms with Crippen LogP contribution in [0.2, 0.25) is 5.02 Å². The zero-order chi connectivity index (χ0) is 10.8. The van der Waals surface area contributed by atoms with Crippen LogP contribution in [-0.4, -0.2) is 25.7 Å². The van der Waals surface area contributed by atoms with E-state index in [1.54, 1.807) is 0 Å². The van der Waals surface area contributed by atoms with E-state index in [9.17, 15) is 0 Å². The molecular formula is C12H17ClN2. The Kier molecular flexibility index (Phi) is 3.17. The van der Waals surface area contributed by atoms with Crippen molar-refractivity contribution in [1.29, 1.82) is 0 Å². The van der Waals surface area contributed by atoms with Gasteiger partial charge >= 0.3 is 0 Å². The van der Waals surface area contributed by atoms with Gasteiger partial charge in [-0.2, -0.15) is 0 Å². The van der Waals surface area contributed by atoms with Crippen LogP contribution in [0.3, 0.4) is 0 Å². The van der Waals surface area contributed by atoms with Crippen LogP contribution < -0.4 is 10.2 Å². The number of hydrogen-bond donors (Lipinski definition) is 1. The van der Waals surface area contributed by atoms with Gasteiger partial charge < -0.3 is 10.2 Å². The van der Waals surface area contributed by atoms with Gasteiger partial charge in [0.2, 0.25) is 0 Å². The van der Waals surface area contributed by atoms with Gasteiger partial charge in [0, 0.05) is 36.4 Å². The van der Waals surface area contributed by atoms with Crippen molar-refractivity contribution in [2.75, 3.05) is 24.5 Å². The molecule has 82 valence electrons. The van der Waals surface area contributed by atoms with Crippen molar-refractivity contribution in [2.24, 2.45) is 0 Å². The second-order valence-electron chi connectivity index (χ2n) is 4.18. The molecule has 1 N–H and O–H groups in total. The summed E-state index contributed by atoms with van der Waals surface area (Å²) in [5.74, 6) is 0. The predicted molar refractivity (Wildman–Crippen MR) is 65.9 cm³/mol. The minimum Gasteiger partial charge on any atom is -0.366 e. The summed E-state index contributed by atoms with van der Waals surface area (Å²) in [7, 11) is 0. The Morgan fingerprint density at radius 3 is 3.00 bits per heavy atom. The number of piperazine rings is 1. The van der Waals surface area contributed by atoms with Crippen LogP contribution in [0.25, 0.3) is 0 Å². The summed E-state index contributed by atoms with van der Waals surface area (Å²) < 4.78 is 0. The van der Waals surface area contributed by atoms with Gasteiger partial charge in [0.25, 0.3) is 0 Å². The zero-order valence-electron chi connectivity index (χ0n) is 9.26. The largest absolute Gasteiger partial charge is 0.366 e. The third-order valence-corrected chi connectivity index (χ3v) is 3.22. The predicted octanol–water partition coefficient (Wildman–Crippen LogP) is 2.45. The van der Waals surface area contributed by atoms with Crippen molar-refractivity contribution in [1.82, 2.24) is 5.32 Å². The monoisotopic (exact) mass is 224 g/mol. The highest BCUT2D eigenvalue weighted by atomic mass is 35.5. The van der Waals surface area contributed by atoms with E-state index in [0.717, 1.165) is 24.7 Å². The lowest BCUT2D eigenvalue weighted by molar-refractivity contribution is 0.500. The number of benzene rings is 1. The van der Waals surface area contributed by atoms with Gasteiger partial charge in [-0.3, -0.25) is 0 Å². The van der Waals surface area contributed by atoms with Crippen LogP contribution >= 0.6 is 11.6 Å². The first-order valence-corrected chi connectivity index (χ1v) is 5.80. The molecule has 0 unspecified atom stereocenters.